The summed E-state index contributed by atoms with van der Waals surface area (Å²) in [5, 5.41) is 20.4. The average Bonchev–Trinajstić information content (AvgIpc) is 2.92. The van der Waals surface area contributed by atoms with E-state index in [1.54, 1.807) is 6.07 Å². The monoisotopic (exact) mass is 417 g/mol. The summed E-state index contributed by atoms with van der Waals surface area (Å²) in [6.45, 7) is 0.141. The van der Waals surface area contributed by atoms with Crippen LogP contribution in [0.3, 0.4) is 0 Å². The van der Waals surface area contributed by atoms with E-state index >= 15 is 0 Å². The van der Waals surface area contributed by atoms with Gasteiger partial charge < -0.3 is 15.7 Å². The summed E-state index contributed by atoms with van der Waals surface area (Å²) >= 11 is 6.42. The summed E-state index contributed by atoms with van der Waals surface area (Å²) in [4.78, 5) is 26.9. The average molecular weight is 419 g/mol. The summed E-state index contributed by atoms with van der Waals surface area (Å²) in [5.74, 6) is -0.666. The summed E-state index contributed by atoms with van der Waals surface area (Å²) in [6.07, 6.45) is 1.32. The SMILES string of the molecule is O=C(NCc1ncn[nH]1)Nc1c(Br)cc(Br)cc1C(=O)O. The van der Waals surface area contributed by atoms with Crippen molar-refractivity contribution in [2.45, 2.75) is 6.54 Å². The van der Waals surface area contributed by atoms with Crippen LogP contribution in [0.5, 0.6) is 0 Å². The van der Waals surface area contributed by atoms with Gasteiger partial charge in [0.25, 0.3) is 0 Å². The molecule has 110 valence electrons. The molecule has 1 aromatic carbocycles. The lowest BCUT2D eigenvalue weighted by atomic mass is 10.2. The molecule has 0 saturated carbocycles. The molecule has 2 rings (SSSR count). The van der Waals surface area contributed by atoms with Crippen LogP contribution in [-0.4, -0.2) is 32.3 Å². The van der Waals surface area contributed by atoms with Gasteiger partial charge in [-0.05, 0) is 28.1 Å². The van der Waals surface area contributed by atoms with Crippen molar-refractivity contribution in [3.8, 4) is 0 Å². The van der Waals surface area contributed by atoms with Crippen molar-refractivity contribution in [2.24, 2.45) is 0 Å². The number of carboxylic acids is 1. The molecule has 2 aromatic rings. The van der Waals surface area contributed by atoms with Crippen molar-refractivity contribution < 1.29 is 14.7 Å². The normalized spacial score (nSPS) is 10.2. The molecule has 2 amide bonds. The molecule has 1 heterocycles. The van der Waals surface area contributed by atoms with Gasteiger partial charge in [-0.15, -0.1) is 0 Å². The van der Waals surface area contributed by atoms with E-state index in [9.17, 15) is 14.7 Å². The standard InChI is InChI=1S/C11H9Br2N5O3/c12-5-1-6(10(19)20)9(7(13)2-5)17-11(21)14-3-8-15-4-16-18-8/h1-2,4H,3H2,(H,19,20)(H2,14,17,21)(H,15,16,18). The number of benzene rings is 1. The van der Waals surface area contributed by atoms with Crippen LogP contribution in [-0.2, 0) is 6.54 Å². The minimum Gasteiger partial charge on any atom is -0.478 e. The second kappa shape index (κ2) is 6.68. The van der Waals surface area contributed by atoms with Crippen LogP contribution in [0.15, 0.2) is 27.4 Å². The minimum atomic E-state index is -1.15. The van der Waals surface area contributed by atoms with Crippen LogP contribution in [0.4, 0.5) is 10.5 Å². The number of urea groups is 1. The second-order valence-corrected chi connectivity index (χ2v) is 5.63. The molecule has 0 bridgehead atoms. The first-order chi connectivity index (χ1) is 9.97. The van der Waals surface area contributed by atoms with E-state index in [2.05, 4.69) is 57.7 Å². The molecule has 0 aliphatic heterocycles. The topological polar surface area (TPSA) is 120 Å². The maximum Gasteiger partial charge on any atom is 0.337 e. The maximum absolute atomic E-state index is 11.8. The van der Waals surface area contributed by atoms with Gasteiger partial charge >= 0.3 is 12.0 Å². The Morgan fingerprint density at radius 3 is 2.71 bits per heavy atom. The molecule has 0 atom stereocenters. The molecule has 1 aromatic heterocycles. The van der Waals surface area contributed by atoms with E-state index in [0.717, 1.165) is 0 Å². The molecule has 8 nitrogen and oxygen atoms in total. The number of hydrogen-bond donors (Lipinski definition) is 4. The fraction of sp³-hybridized carbons (Fsp3) is 0.0909. The minimum absolute atomic E-state index is 0.0361. The number of hydrogen-bond acceptors (Lipinski definition) is 4. The number of H-pyrrole nitrogens is 1. The zero-order valence-corrected chi connectivity index (χ0v) is 13.5. The highest BCUT2D eigenvalue weighted by atomic mass is 79.9. The van der Waals surface area contributed by atoms with E-state index in [1.165, 1.54) is 12.4 Å². The number of carbonyl (C=O) groups excluding carboxylic acids is 1. The highest BCUT2D eigenvalue weighted by Gasteiger charge is 2.16. The van der Waals surface area contributed by atoms with Crippen LogP contribution in [0.1, 0.15) is 16.2 Å². The molecule has 0 aliphatic carbocycles. The Morgan fingerprint density at radius 2 is 2.10 bits per heavy atom. The zero-order chi connectivity index (χ0) is 15.4. The number of aromatic amines is 1. The van der Waals surface area contributed by atoms with E-state index in [-0.39, 0.29) is 17.8 Å². The predicted octanol–water partition coefficient (Wildman–Crippen LogP) is 2.35. The van der Waals surface area contributed by atoms with Gasteiger partial charge in [-0.25, -0.2) is 14.6 Å². The van der Waals surface area contributed by atoms with Gasteiger partial charge in [0.05, 0.1) is 17.8 Å². The number of nitrogens with zero attached hydrogens (tertiary/aromatic N) is 2. The first kappa shape index (κ1) is 15.4. The highest BCUT2D eigenvalue weighted by Crippen LogP contribution is 2.30. The smallest absolute Gasteiger partial charge is 0.337 e. The van der Waals surface area contributed by atoms with Crippen LogP contribution >= 0.6 is 31.9 Å². The number of nitrogens with one attached hydrogen (secondary N) is 3. The largest absolute Gasteiger partial charge is 0.478 e. The van der Waals surface area contributed by atoms with Crippen molar-refractivity contribution in [3.05, 3.63) is 38.8 Å². The number of aromatic nitrogens is 3. The predicted molar refractivity (Wildman–Crippen MR) is 81.0 cm³/mol. The second-order valence-electron chi connectivity index (χ2n) is 3.86. The van der Waals surface area contributed by atoms with Crippen LogP contribution in [0, 0.1) is 0 Å². The Kier molecular flexibility index (Phi) is 4.91. The van der Waals surface area contributed by atoms with Gasteiger partial charge in [-0.2, -0.15) is 5.10 Å². The molecule has 0 radical (unpaired) electrons. The fourth-order valence-corrected chi connectivity index (χ4v) is 2.83. The van der Waals surface area contributed by atoms with Gasteiger partial charge in [0.15, 0.2) is 0 Å². The van der Waals surface area contributed by atoms with Gasteiger partial charge in [-0.3, -0.25) is 5.10 Å². The summed E-state index contributed by atoms with van der Waals surface area (Å²) in [6, 6.07) is 2.48. The van der Waals surface area contributed by atoms with Gasteiger partial charge in [0.2, 0.25) is 0 Å². The molecule has 0 aliphatic rings. The van der Waals surface area contributed by atoms with Crippen molar-refractivity contribution in [1.82, 2.24) is 20.5 Å². The molecular weight excluding hydrogens is 410 g/mol. The fourth-order valence-electron chi connectivity index (χ4n) is 1.51. The van der Waals surface area contributed by atoms with Gasteiger partial charge in [0, 0.05) is 8.95 Å². The lowest BCUT2D eigenvalue weighted by Crippen LogP contribution is -2.29. The molecule has 21 heavy (non-hydrogen) atoms. The van der Waals surface area contributed by atoms with E-state index in [1.807, 2.05) is 0 Å². The van der Waals surface area contributed by atoms with Crippen molar-refractivity contribution in [3.63, 3.8) is 0 Å². The Hall–Kier alpha value is -1.94. The Labute approximate surface area is 135 Å². The van der Waals surface area contributed by atoms with Crippen LogP contribution in [0.25, 0.3) is 0 Å². The van der Waals surface area contributed by atoms with Crippen molar-refractivity contribution >= 4 is 49.5 Å². The van der Waals surface area contributed by atoms with E-state index in [4.69, 9.17) is 0 Å². The number of halogens is 2. The summed E-state index contributed by atoms with van der Waals surface area (Å²) < 4.78 is 1.03. The first-order valence-corrected chi connectivity index (χ1v) is 7.17. The molecule has 0 fully saturated rings. The lowest BCUT2D eigenvalue weighted by Gasteiger charge is -2.12. The number of anilines is 1. The Bertz CT molecular complexity index is 675. The molecular formula is C11H9Br2N5O3. The quantitative estimate of drug-likeness (QED) is 0.607. The molecule has 4 N–H and O–H groups in total. The third-order valence-corrected chi connectivity index (χ3v) is 3.49. The number of rotatable bonds is 4. The number of carbonyl (C=O) groups is 2. The Morgan fingerprint density at radius 1 is 1.33 bits per heavy atom. The molecule has 10 heteroatoms. The first-order valence-electron chi connectivity index (χ1n) is 5.59. The molecule has 0 spiro atoms. The van der Waals surface area contributed by atoms with Crippen molar-refractivity contribution in [1.29, 1.82) is 0 Å². The maximum atomic E-state index is 11.8. The Balaban J connectivity index is 2.11. The highest BCUT2D eigenvalue weighted by molar-refractivity contribution is 9.11. The van der Waals surface area contributed by atoms with E-state index < -0.39 is 12.0 Å². The van der Waals surface area contributed by atoms with Crippen LogP contribution < -0.4 is 10.6 Å². The third kappa shape index (κ3) is 4.02. The summed E-state index contributed by atoms with van der Waals surface area (Å²) in [5.41, 5.74) is 0.131. The van der Waals surface area contributed by atoms with Crippen molar-refractivity contribution in [2.75, 3.05) is 5.32 Å². The van der Waals surface area contributed by atoms with Crippen LogP contribution in [0.2, 0.25) is 0 Å². The van der Waals surface area contributed by atoms with Gasteiger partial charge in [0.1, 0.15) is 12.2 Å². The number of aromatic carboxylic acids is 1. The summed E-state index contributed by atoms with van der Waals surface area (Å²) in [7, 11) is 0. The number of amides is 2. The molecule has 0 saturated heterocycles. The zero-order valence-electron chi connectivity index (χ0n) is 10.4. The number of carboxylic acid groups (broad SMARTS) is 1. The lowest BCUT2D eigenvalue weighted by molar-refractivity contribution is 0.0698. The van der Waals surface area contributed by atoms with Gasteiger partial charge in [-0.1, -0.05) is 15.9 Å². The van der Waals surface area contributed by atoms with E-state index in [0.29, 0.717) is 14.8 Å². The molecule has 0 unspecified atom stereocenters. The third-order valence-electron chi connectivity index (χ3n) is 2.41.